The highest BCUT2D eigenvalue weighted by Crippen LogP contribution is 2.47. The molecule has 0 amide bonds. The first kappa shape index (κ1) is 17.7. The topological polar surface area (TPSA) is 68.7 Å². The van der Waals surface area contributed by atoms with E-state index in [0.717, 1.165) is 44.8 Å². The SMILES string of the molecule is O=S(=O)(c1cccnc1)N1CC2(C[C@@H](OCC3CCOCC3)CS2)C1. The van der Waals surface area contributed by atoms with Crippen molar-refractivity contribution in [3.8, 4) is 0 Å². The largest absolute Gasteiger partial charge is 0.381 e. The number of pyridine rings is 1. The van der Waals surface area contributed by atoms with Gasteiger partial charge in [0.1, 0.15) is 4.90 Å². The first-order valence-electron chi connectivity index (χ1n) is 8.81. The Hall–Kier alpha value is -0.670. The third kappa shape index (κ3) is 3.73. The number of ether oxygens (including phenoxy) is 2. The van der Waals surface area contributed by atoms with Gasteiger partial charge in [0.2, 0.25) is 10.0 Å². The van der Waals surface area contributed by atoms with Gasteiger partial charge in [-0.15, -0.1) is 11.8 Å². The number of sulfonamides is 1. The summed E-state index contributed by atoms with van der Waals surface area (Å²) >= 11 is 1.87. The van der Waals surface area contributed by atoms with E-state index >= 15 is 0 Å². The molecule has 1 aromatic rings. The number of hydrogen-bond acceptors (Lipinski definition) is 6. The lowest BCUT2D eigenvalue weighted by Gasteiger charge is -2.46. The first-order valence-corrected chi connectivity index (χ1v) is 11.2. The van der Waals surface area contributed by atoms with Gasteiger partial charge in [0.05, 0.1) is 6.10 Å². The molecule has 1 atom stereocenters. The van der Waals surface area contributed by atoms with Gasteiger partial charge in [-0.2, -0.15) is 4.31 Å². The zero-order valence-electron chi connectivity index (χ0n) is 14.2. The molecule has 0 N–H and O–H groups in total. The highest BCUT2D eigenvalue weighted by atomic mass is 32.2. The molecule has 0 bridgehead atoms. The Balaban J connectivity index is 1.28. The molecule has 25 heavy (non-hydrogen) atoms. The minimum atomic E-state index is -3.41. The second-order valence-electron chi connectivity index (χ2n) is 7.17. The number of rotatable bonds is 5. The molecule has 0 aliphatic carbocycles. The Labute approximate surface area is 153 Å². The lowest BCUT2D eigenvalue weighted by molar-refractivity contribution is -0.00923. The lowest BCUT2D eigenvalue weighted by Crippen LogP contribution is -2.60. The van der Waals surface area contributed by atoms with Crippen LogP contribution < -0.4 is 0 Å². The number of nitrogens with zero attached hydrogens (tertiary/aromatic N) is 2. The monoisotopic (exact) mass is 384 g/mol. The summed E-state index contributed by atoms with van der Waals surface area (Å²) in [6, 6.07) is 3.27. The maximum Gasteiger partial charge on any atom is 0.244 e. The molecule has 1 aromatic heterocycles. The maximum atomic E-state index is 12.6. The predicted octanol–water partition coefficient (Wildman–Crippen LogP) is 1.77. The van der Waals surface area contributed by atoms with E-state index < -0.39 is 10.0 Å². The van der Waals surface area contributed by atoms with Crippen LogP contribution >= 0.6 is 11.8 Å². The summed E-state index contributed by atoms with van der Waals surface area (Å²) in [6.07, 6.45) is 6.37. The fourth-order valence-electron chi connectivity index (χ4n) is 3.73. The summed E-state index contributed by atoms with van der Waals surface area (Å²) in [5.74, 6) is 1.57. The first-order chi connectivity index (χ1) is 12.1. The van der Waals surface area contributed by atoms with Crippen LogP contribution in [0.15, 0.2) is 29.4 Å². The van der Waals surface area contributed by atoms with Crippen LogP contribution in [0.5, 0.6) is 0 Å². The number of aromatic nitrogens is 1. The molecule has 0 aromatic carbocycles. The van der Waals surface area contributed by atoms with Gasteiger partial charge in [0.15, 0.2) is 0 Å². The van der Waals surface area contributed by atoms with E-state index in [1.54, 1.807) is 22.6 Å². The normalized spacial score (nSPS) is 27.4. The van der Waals surface area contributed by atoms with Gasteiger partial charge in [0.25, 0.3) is 0 Å². The predicted molar refractivity (Wildman–Crippen MR) is 96.1 cm³/mol. The number of hydrogen-bond donors (Lipinski definition) is 0. The van der Waals surface area contributed by atoms with Gasteiger partial charge in [0, 0.05) is 55.8 Å². The van der Waals surface area contributed by atoms with Crippen molar-refractivity contribution in [1.82, 2.24) is 9.29 Å². The maximum absolute atomic E-state index is 12.6. The second-order valence-corrected chi connectivity index (χ2v) is 10.6. The minimum absolute atomic E-state index is 0.0373. The van der Waals surface area contributed by atoms with Gasteiger partial charge >= 0.3 is 0 Å². The summed E-state index contributed by atoms with van der Waals surface area (Å²) in [5, 5.41) is 0. The van der Waals surface area contributed by atoms with Crippen LogP contribution in [-0.4, -0.2) is 67.2 Å². The molecular weight excluding hydrogens is 360 g/mol. The smallest absolute Gasteiger partial charge is 0.244 e. The average molecular weight is 385 g/mol. The van der Waals surface area contributed by atoms with Crippen LogP contribution in [0.4, 0.5) is 0 Å². The molecule has 0 unspecified atom stereocenters. The zero-order valence-corrected chi connectivity index (χ0v) is 15.8. The number of thioether (sulfide) groups is 1. The van der Waals surface area contributed by atoms with Crippen molar-refractivity contribution in [2.75, 3.05) is 38.7 Å². The Morgan fingerprint density at radius 1 is 1.36 bits per heavy atom. The summed E-state index contributed by atoms with van der Waals surface area (Å²) in [6.45, 7) is 3.65. The Bertz CT molecular complexity index is 686. The highest BCUT2D eigenvalue weighted by molar-refractivity contribution is 8.01. The summed E-state index contributed by atoms with van der Waals surface area (Å²) in [4.78, 5) is 4.20. The Morgan fingerprint density at radius 3 is 2.88 bits per heavy atom. The van der Waals surface area contributed by atoms with Crippen molar-refractivity contribution in [3.63, 3.8) is 0 Å². The van der Waals surface area contributed by atoms with Crippen LogP contribution in [0.2, 0.25) is 0 Å². The molecular formula is C17H24N2O4S2. The fourth-order valence-corrected chi connectivity index (χ4v) is 7.02. The van der Waals surface area contributed by atoms with E-state index in [9.17, 15) is 8.42 Å². The van der Waals surface area contributed by atoms with E-state index in [-0.39, 0.29) is 15.7 Å². The summed E-state index contributed by atoms with van der Waals surface area (Å²) in [7, 11) is -3.41. The Morgan fingerprint density at radius 2 is 2.16 bits per heavy atom. The van der Waals surface area contributed by atoms with Crippen molar-refractivity contribution >= 4 is 21.8 Å². The van der Waals surface area contributed by atoms with Crippen molar-refractivity contribution in [1.29, 1.82) is 0 Å². The molecule has 1 spiro atoms. The molecule has 138 valence electrons. The summed E-state index contributed by atoms with van der Waals surface area (Å²) in [5.41, 5.74) is 0. The van der Waals surface area contributed by atoms with Gasteiger partial charge < -0.3 is 9.47 Å². The summed E-state index contributed by atoms with van der Waals surface area (Å²) < 4.78 is 38.3. The van der Waals surface area contributed by atoms with Gasteiger partial charge in [-0.25, -0.2) is 8.42 Å². The Kier molecular flexibility index (Phi) is 5.07. The van der Waals surface area contributed by atoms with Gasteiger partial charge in [-0.05, 0) is 37.3 Å². The lowest BCUT2D eigenvalue weighted by atomic mass is 9.95. The molecule has 3 fully saturated rings. The third-order valence-electron chi connectivity index (χ3n) is 5.28. The molecule has 3 saturated heterocycles. The van der Waals surface area contributed by atoms with Gasteiger partial charge in [-0.3, -0.25) is 4.98 Å². The fraction of sp³-hybridized carbons (Fsp3) is 0.706. The molecule has 3 aliphatic heterocycles. The van der Waals surface area contributed by atoms with Crippen molar-refractivity contribution in [3.05, 3.63) is 24.5 Å². The van der Waals surface area contributed by atoms with Crippen molar-refractivity contribution in [2.24, 2.45) is 5.92 Å². The molecule has 4 heterocycles. The molecule has 3 aliphatic rings. The molecule has 8 heteroatoms. The van der Waals surface area contributed by atoms with E-state index in [0.29, 0.717) is 19.0 Å². The average Bonchev–Trinajstić information content (AvgIpc) is 3.05. The van der Waals surface area contributed by atoms with E-state index in [1.165, 1.54) is 6.20 Å². The molecule has 0 radical (unpaired) electrons. The molecule has 6 nitrogen and oxygen atoms in total. The third-order valence-corrected chi connectivity index (χ3v) is 8.64. The van der Waals surface area contributed by atoms with Gasteiger partial charge in [-0.1, -0.05) is 0 Å². The van der Waals surface area contributed by atoms with Crippen LogP contribution in [0.3, 0.4) is 0 Å². The van der Waals surface area contributed by atoms with Crippen LogP contribution in [0, 0.1) is 5.92 Å². The minimum Gasteiger partial charge on any atom is -0.381 e. The molecule has 0 saturated carbocycles. The zero-order chi connectivity index (χ0) is 17.3. The van der Waals surface area contributed by atoms with E-state index in [1.807, 2.05) is 11.8 Å². The van der Waals surface area contributed by atoms with Crippen LogP contribution in [-0.2, 0) is 19.5 Å². The van der Waals surface area contributed by atoms with Crippen molar-refractivity contribution in [2.45, 2.75) is 35.0 Å². The highest BCUT2D eigenvalue weighted by Gasteiger charge is 2.53. The van der Waals surface area contributed by atoms with Crippen molar-refractivity contribution < 1.29 is 17.9 Å². The quantitative estimate of drug-likeness (QED) is 0.771. The standard InChI is InChI=1S/C17H24N2O4S2/c20-25(21,16-2-1-5-18-9-16)19-12-17(13-19)8-15(11-24-17)23-10-14-3-6-22-7-4-14/h1-2,5,9,14-15H,3-4,6-8,10-13H2/t15-/m1/s1. The van der Waals surface area contributed by atoms with Crippen LogP contribution in [0.1, 0.15) is 19.3 Å². The van der Waals surface area contributed by atoms with Crippen LogP contribution in [0.25, 0.3) is 0 Å². The molecule has 4 rings (SSSR count). The second kappa shape index (κ2) is 7.15. The van der Waals surface area contributed by atoms with E-state index in [4.69, 9.17) is 9.47 Å². The van der Waals surface area contributed by atoms with E-state index in [2.05, 4.69) is 4.98 Å².